The summed E-state index contributed by atoms with van der Waals surface area (Å²) in [7, 11) is 1.31. The largest absolute Gasteiger partial charge is 0.497 e. The second-order valence-corrected chi connectivity index (χ2v) is 7.80. The Morgan fingerprint density at radius 1 is 1.41 bits per heavy atom. The summed E-state index contributed by atoms with van der Waals surface area (Å²) in [6.07, 6.45) is 8.46. The van der Waals surface area contributed by atoms with Crippen LogP contribution < -0.4 is 0 Å². The van der Waals surface area contributed by atoms with Crippen LogP contribution in [-0.4, -0.2) is 36.2 Å². The van der Waals surface area contributed by atoms with Crippen molar-refractivity contribution in [3.05, 3.63) is 34.6 Å². The highest BCUT2D eigenvalue weighted by Crippen LogP contribution is 2.47. The highest BCUT2D eigenvalue weighted by molar-refractivity contribution is 6.01. The first-order valence-corrected chi connectivity index (χ1v) is 9.86. The Kier molecular flexibility index (Phi) is 7.04. The van der Waals surface area contributed by atoms with E-state index >= 15 is 0 Å². The van der Waals surface area contributed by atoms with Gasteiger partial charge in [0.1, 0.15) is 0 Å². The number of ether oxygens (including phenoxy) is 2. The number of ketones is 1. The number of carbonyl (C=O) groups is 2. The minimum Gasteiger partial charge on any atom is -0.497 e. The van der Waals surface area contributed by atoms with Crippen molar-refractivity contribution in [2.45, 2.75) is 65.4 Å². The van der Waals surface area contributed by atoms with Crippen LogP contribution in [0.15, 0.2) is 34.6 Å². The van der Waals surface area contributed by atoms with Crippen LogP contribution in [0.4, 0.5) is 0 Å². The lowest BCUT2D eigenvalue weighted by molar-refractivity contribution is -0.135. The number of hydrogen-bond donors (Lipinski definition) is 1. The number of carbonyl (C=O) groups excluding carboxylic acids is 2. The second kappa shape index (κ2) is 8.87. The fourth-order valence-electron chi connectivity index (χ4n) is 3.83. The van der Waals surface area contributed by atoms with E-state index in [0.717, 1.165) is 25.7 Å². The van der Waals surface area contributed by atoms with Crippen molar-refractivity contribution in [3.63, 3.8) is 0 Å². The first-order valence-electron chi connectivity index (χ1n) is 9.86. The molecule has 0 radical (unpaired) electrons. The van der Waals surface area contributed by atoms with E-state index in [4.69, 9.17) is 9.47 Å². The van der Waals surface area contributed by atoms with Crippen molar-refractivity contribution in [3.8, 4) is 0 Å². The van der Waals surface area contributed by atoms with Gasteiger partial charge in [-0.3, -0.25) is 4.79 Å². The number of allylic oxidation sites excluding steroid dienone is 3. The van der Waals surface area contributed by atoms with Crippen LogP contribution in [0, 0.1) is 11.8 Å². The summed E-state index contributed by atoms with van der Waals surface area (Å²) in [6.45, 7) is 7.76. The van der Waals surface area contributed by atoms with Gasteiger partial charge in [-0.1, -0.05) is 39.5 Å². The van der Waals surface area contributed by atoms with Crippen LogP contribution in [0.5, 0.6) is 0 Å². The second-order valence-electron chi connectivity index (χ2n) is 7.80. The monoisotopic (exact) mass is 376 g/mol. The van der Waals surface area contributed by atoms with Crippen molar-refractivity contribution < 1.29 is 24.2 Å². The Balaban J connectivity index is 2.33. The molecule has 150 valence electrons. The molecule has 5 nitrogen and oxygen atoms in total. The van der Waals surface area contributed by atoms with Gasteiger partial charge in [0.25, 0.3) is 0 Å². The summed E-state index contributed by atoms with van der Waals surface area (Å²) in [5.74, 6) is -0.466. The van der Waals surface area contributed by atoms with Gasteiger partial charge < -0.3 is 14.6 Å². The molecule has 1 aliphatic heterocycles. The smallest absolute Gasteiger partial charge is 0.338 e. The molecule has 1 heterocycles. The quantitative estimate of drug-likeness (QED) is 0.395. The summed E-state index contributed by atoms with van der Waals surface area (Å²) in [5.41, 5.74) is -0.0329. The summed E-state index contributed by atoms with van der Waals surface area (Å²) in [5, 5.41) is 11.1. The van der Waals surface area contributed by atoms with Gasteiger partial charge in [-0.05, 0) is 38.0 Å². The number of hydrogen-bond acceptors (Lipinski definition) is 5. The molecule has 1 aliphatic carbocycles. The first kappa shape index (κ1) is 21.4. The van der Waals surface area contributed by atoms with Gasteiger partial charge in [0, 0.05) is 11.5 Å². The SMILES string of the molecule is CCCCCC[C@H](C)C(=O)/C=C1\C(C(=O)OC)=C2C=C(C)OC[C@@H]2[C@]1(C)O. The highest BCUT2D eigenvalue weighted by Gasteiger charge is 2.50. The van der Waals surface area contributed by atoms with Crippen LogP contribution in [0.3, 0.4) is 0 Å². The highest BCUT2D eigenvalue weighted by atomic mass is 16.5. The van der Waals surface area contributed by atoms with Crippen LogP contribution >= 0.6 is 0 Å². The maximum atomic E-state index is 12.8. The van der Waals surface area contributed by atoms with E-state index in [1.165, 1.54) is 19.6 Å². The number of rotatable bonds is 8. The van der Waals surface area contributed by atoms with Gasteiger partial charge in [-0.2, -0.15) is 0 Å². The molecule has 27 heavy (non-hydrogen) atoms. The summed E-state index contributed by atoms with van der Waals surface area (Å²) in [4.78, 5) is 25.2. The Labute approximate surface area is 162 Å². The average Bonchev–Trinajstić information content (AvgIpc) is 2.84. The summed E-state index contributed by atoms with van der Waals surface area (Å²) < 4.78 is 10.5. The summed E-state index contributed by atoms with van der Waals surface area (Å²) >= 11 is 0. The van der Waals surface area contributed by atoms with E-state index in [1.807, 2.05) is 6.92 Å². The van der Waals surface area contributed by atoms with E-state index in [2.05, 4.69) is 6.92 Å². The van der Waals surface area contributed by atoms with Crippen molar-refractivity contribution in [1.29, 1.82) is 0 Å². The number of aliphatic hydroxyl groups is 1. The number of fused-ring (bicyclic) bond motifs is 1. The molecule has 0 aromatic carbocycles. The molecule has 2 aliphatic rings. The molecule has 0 bridgehead atoms. The van der Waals surface area contributed by atoms with Crippen molar-refractivity contribution in [2.75, 3.05) is 13.7 Å². The minimum absolute atomic E-state index is 0.0657. The Morgan fingerprint density at radius 3 is 2.74 bits per heavy atom. The molecule has 0 spiro atoms. The van der Waals surface area contributed by atoms with Gasteiger partial charge in [0.15, 0.2) is 5.78 Å². The fourth-order valence-corrected chi connectivity index (χ4v) is 3.83. The van der Waals surface area contributed by atoms with Crippen LogP contribution in [0.2, 0.25) is 0 Å². The van der Waals surface area contributed by atoms with Crippen LogP contribution in [0.25, 0.3) is 0 Å². The van der Waals surface area contributed by atoms with Gasteiger partial charge in [0.2, 0.25) is 0 Å². The third-order valence-electron chi connectivity index (χ3n) is 5.65. The zero-order valence-corrected chi connectivity index (χ0v) is 17.1. The molecule has 0 fully saturated rings. The molecule has 0 aromatic rings. The molecule has 0 amide bonds. The number of unbranched alkanes of at least 4 members (excludes halogenated alkanes) is 3. The third-order valence-corrected chi connectivity index (χ3v) is 5.65. The van der Waals surface area contributed by atoms with E-state index in [9.17, 15) is 14.7 Å². The van der Waals surface area contributed by atoms with E-state index < -0.39 is 17.5 Å². The molecule has 0 aromatic heterocycles. The van der Waals surface area contributed by atoms with E-state index in [1.54, 1.807) is 19.9 Å². The fraction of sp³-hybridized carbons (Fsp3) is 0.636. The van der Waals surface area contributed by atoms with E-state index in [0.29, 0.717) is 22.5 Å². The molecule has 5 heteroatoms. The van der Waals surface area contributed by atoms with Crippen LogP contribution in [-0.2, 0) is 19.1 Å². The average molecular weight is 376 g/mol. The molecule has 0 saturated heterocycles. The van der Waals surface area contributed by atoms with Gasteiger partial charge >= 0.3 is 5.97 Å². The Hall–Kier alpha value is -1.88. The van der Waals surface area contributed by atoms with Crippen molar-refractivity contribution in [1.82, 2.24) is 0 Å². The Bertz CT molecular complexity index is 681. The van der Waals surface area contributed by atoms with Crippen molar-refractivity contribution >= 4 is 11.8 Å². The van der Waals surface area contributed by atoms with Gasteiger partial charge in [-0.25, -0.2) is 4.79 Å². The molecule has 3 atom stereocenters. The van der Waals surface area contributed by atoms with Crippen LogP contribution in [0.1, 0.15) is 59.8 Å². The van der Waals surface area contributed by atoms with Gasteiger partial charge in [0.05, 0.1) is 36.6 Å². The maximum Gasteiger partial charge on any atom is 0.338 e. The lowest BCUT2D eigenvalue weighted by Crippen LogP contribution is -2.37. The maximum absolute atomic E-state index is 12.8. The first-order chi connectivity index (χ1) is 12.7. The molecular formula is C22H32O5. The third kappa shape index (κ3) is 4.52. The number of methoxy groups -OCH3 is 1. The minimum atomic E-state index is -1.35. The predicted octanol–water partition coefficient (Wildman–Crippen LogP) is 3.87. The molecule has 2 rings (SSSR count). The zero-order valence-electron chi connectivity index (χ0n) is 17.1. The molecule has 0 saturated carbocycles. The topological polar surface area (TPSA) is 72.8 Å². The lowest BCUT2D eigenvalue weighted by atomic mass is 9.84. The predicted molar refractivity (Wildman–Crippen MR) is 104 cm³/mol. The lowest BCUT2D eigenvalue weighted by Gasteiger charge is -2.31. The summed E-state index contributed by atoms with van der Waals surface area (Å²) in [6, 6.07) is 0. The van der Waals surface area contributed by atoms with Gasteiger partial charge in [-0.15, -0.1) is 0 Å². The zero-order chi connectivity index (χ0) is 20.2. The van der Waals surface area contributed by atoms with E-state index in [-0.39, 0.29) is 18.3 Å². The molecule has 0 unspecified atom stereocenters. The molecule has 1 N–H and O–H groups in total. The number of esters is 1. The van der Waals surface area contributed by atoms with Crippen molar-refractivity contribution in [2.24, 2.45) is 11.8 Å². The molecular weight excluding hydrogens is 344 g/mol. The standard InChI is InChI=1S/C22H32O5/c1-6-7-8-9-10-14(2)19(23)12-17-20(21(24)26-5)16-11-15(3)27-13-18(16)22(17,4)25/h11-12,14,18,25H,6-10,13H2,1-5H3/b17-12+/t14-,18-,22+/m0/s1. The Morgan fingerprint density at radius 2 is 2.11 bits per heavy atom. The normalized spacial score (nSPS) is 27.1.